The number of nitrogens with zero attached hydrogens (tertiary/aromatic N) is 1. The fourth-order valence-corrected chi connectivity index (χ4v) is 5.09. The second kappa shape index (κ2) is 25.1. The average molecular weight is 547 g/mol. The highest BCUT2D eigenvalue weighted by Gasteiger charge is 2.11. The number of hydrogen-bond donors (Lipinski definition) is 1. The van der Waals surface area contributed by atoms with Crippen LogP contribution < -0.4 is 5.32 Å². The molecule has 5 heteroatoms. The van der Waals surface area contributed by atoms with Crippen LogP contribution in [0, 0.1) is 5.92 Å². The Hall–Kier alpha value is -1.91. The molecule has 0 aromatic carbocycles. The fourth-order valence-electron chi connectivity index (χ4n) is 5.09. The monoisotopic (exact) mass is 546 g/mol. The van der Waals surface area contributed by atoms with Crippen molar-refractivity contribution in [1.82, 2.24) is 10.2 Å². The van der Waals surface area contributed by atoms with E-state index in [1.165, 1.54) is 76.2 Å². The Kier molecular flexibility index (Phi) is 22.6. The van der Waals surface area contributed by atoms with E-state index in [1.807, 2.05) is 6.20 Å². The molecular formula is C34H62N2O3. The maximum atomic E-state index is 11.8. The Labute approximate surface area is 241 Å². The summed E-state index contributed by atoms with van der Waals surface area (Å²) in [6.07, 6.45) is 28.3. The summed E-state index contributed by atoms with van der Waals surface area (Å²) in [5.74, 6) is 1.65. The van der Waals surface area contributed by atoms with Gasteiger partial charge >= 0.3 is 5.97 Å². The molecule has 1 aliphatic heterocycles. The van der Waals surface area contributed by atoms with Crippen molar-refractivity contribution in [1.29, 1.82) is 0 Å². The van der Waals surface area contributed by atoms with Crippen LogP contribution in [0.15, 0.2) is 36.4 Å². The summed E-state index contributed by atoms with van der Waals surface area (Å²) in [7, 11) is 0. The third-order valence-electron chi connectivity index (χ3n) is 7.42. The van der Waals surface area contributed by atoms with Crippen LogP contribution in [-0.2, 0) is 14.3 Å². The number of unbranched alkanes of at least 4 members (excludes halogenated alkanes) is 12. The first kappa shape index (κ1) is 35.1. The van der Waals surface area contributed by atoms with Crippen molar-refractivity contribution in [3.63, 3.8) is 0 Å². The summed E-state index contributed by atoms with van der Waals surface area (Å²) < 4.78 is 11.6. The van der Waals surface area contributed by atoms with E-state index in [-0.39, 0.29) is 5.97 Å². The minimum absolute atomic E-state index is 0.00735. The molecule has 0 aromatic rings. The number of allylic oxidation sites excluding steroid dienone is 3. The highest BCUT2D eigenvalue weighted by molar-refractivity contribution is 5.69. The maximum Gasteiger partial charge on any atom is 0.305 e. The lowest BCUT2D eigenvalue weighted by molar-refractivity contribution is -0.143. The van der Waals surface area contributed by atoms with Gasteiger partial charge in [-0.05, 0) is 57.4 Å². The maximum absolute atomic E-state index is 11.8. The van der Waals surface area contributed by atoms with Gasteiger partial charge in [0.25, 0.3) is 0 Å². The molecule has 0 aromatic heterocycles. The molecule has 0 saturated heterocycles. The molecule has 0 aliphatic carbocycles. The topological polar surface area (TPSA) is 50.8 Å². The molecule has 226 valence electrons. The quantitative estimate of drug-likeness (QED) is 0.0481. The molecule has 0 fully saturated rings. The van der Waals surface area contributed by atoms with Crippen molar-refractivity contribution in [3.05, 3.63) is 36.4 Å². The lowest BCUT2D eigenvalue weighted by Crippen LogP contribution is -2.22. The summed E-state index contributed by atoms with van der Waals surface area (Å²) in [5, 5.41) is 3.24. The van der Waals surface area contributed by atoms with Gasteiger partial charge < -0.3 is 19.7 Å². The first-order chi connectivity index (χ1) is 19.0. The van der Waals surface area contributed by atoms with Crippen LogP contribution in [0.3, 0.4) is 0 Å². The summed E-state index contributed by atoms with van der Waals surface area (Å²) in [4.78, 5) is 14.2. The molecule has 39 heavy (non-hydrogen) atoms. The van der Waals surface area contributed by atoms with Crippen molar-refractivity contribution in [2.45, 2.75) is 143 Å². The van der Waals surface area contributed by atoms with Gasteiger partial charge in [0.05, 0.1) is 25.6 Å². The summed E-state index contributed by atoms with van der Waals surface area (Å²) in [5.41, 5.74) is 1.25. The molecule has 5 nitrogen and oxygen atoms in total. The zero-order valence-electron chi connectivity index (χ0n) is 26.0. The predicted molar refractivity (Wildman–Crippen MR) is 166 cm³/mol. The lowest BCUT2D eigenvalue weighted by atomic mass is 9.94. The van der Waals surface area contributed by atoms with E-state index in [4.69, 9.17) is 9.47 Å². The third-order valence-corrected chi connectivity index (χ3v) is 7.42. The van der Waals surface area contributed by atoms with E-state index < -0.39 is 0 Å². The number of nitrogens with one attached hydrogen (secondary N) is 1. The standard InChI is InChI=1S/C34H62N2O3/c1-5-7-8-9-11-14-17-22-34(37)39-27-19-16-13-10-12-15-18-26-38-33(6-2)29-32(28-31(3)4)21-20-24-36-25-23-35-30-36/h23,25,29,32,35H,3,5-22,24,26-28,30H2,1-2,4H3/b33-29+. The van der Waals surface area contributed by atoms with Gasteiger partial charge in [-0.3, -0.25) is 4.79 Å². The van der Waals surface area contributed by atoms with Gasteiger partial charge in [-0.15, -0.1) is 6.58 Å². The largest absolute Gasteiger partial charge is 0.498 e. The Bertz CT molecular complexity index is 673. The zero-order chi connectivity index (χ0) is 28.4. The number of esters is 1. The van der Waals surface area contributed by atoms with Crippen LogP contribution in [0.4, 0.5) is 0 Å². The van der Waals surface area contributed by atoms with Crippen LogP contribution in [-0.4, -0.2) is 37.3 Å². The highest BCUT2D eigenvalue weighted by atomic mass is 16.5. The van der Waals surface area contributed by atoms with Gasteiger partial charge in [0, 0.05) is 31.8 Å². The van der Waals surface area contributed by atoms with E-state index in [1.54, 1.807) is 0 Å². The Morgan fingerprint density at radius 2 is 1.51 bits per heavy atom. The second-order valence-electron chi connectivity index (χ2n) is 11.5. The van der Waals surface area contributed by atoms with Gasteiger partial charge in [-0.1, -0.05) is 90.0 Å². The predicted octanol–water partition coefficient (Wildman–Crippen LogP) is 9.41. The Balaban J connectivity index is 2.02. The normalized spacial score (nSPS) is 13.9. The fraction of sp³-hybridized carbons (Fsp3) is 0.794. The van der Waals surface area contributed by atoms with Crippen molar-refractivity contribution in [2.75, 3.05) is 26.4 Å². The van der Waals surface area contributed by atoms with E-state index in [9.17, 15) is 4.79 Å². The minimum atomic E-state index is -0.00735. The smallest absolute Gasteiger partial charge is 0.305 e. The minimum Gasteiger partial charge on any atom is -0.498 e. The third kappa shape index (κ3) is 21.6. The summed E-state index contributed by atoms with van der Waals surface area (Å²) in [6.45, 7) is 14.1. The molecule has 1 rings (SSSR count). The zero-order valence-corrected chi connectivity index (χ0v) is 26.0. The first-order valence-electron chi connectivity index (χ1n) is 16.3. The van der Waals surface area contributed by atoms with Gasteiger partial charge in [0.15, 0.2) is 0 Å². The lowest BCUT2D eigenvalue weighted by Gasteiger charge is -2.19. The molecule has 1 unspecified atom stereocenters. The number of hydrogen-bond acceptors (Lipinski definition) is 5. The molecule has 0 amide bonds. The molecule has 1 aliphatic rings. The van der Waals surface area contributed by atoms with Crippen molar-refractivity contribution in [2.24, 2.45) is 5.92 Å². The van der Waals surface area contributed by atoms with E-state index in [0.717, 1.165) is 70.5 Å². The number of rotatable bonds is 27. The SMILES string of the molecule is C=C(C)CC(/C=C(\CC)OCCCCCCCCCOC(=O)CCCCCCCCC)CCCN1C=CNC1. The van der Waals surface area contributed by atoms with Crippen LogP contribution in [0.5, 0.6) is 0 Å². The van der Waals surface area contributed by atoms with Crippen molar-refractivity contribution < 1.29 is 14.3 Å². The van der Waals surface area contributed by atoms with Crippen LogP contribution >= 0.6 is 0 Å². The van der Waals surface area contributed by atoms with Crippen LogP contribution in [0.1, 0.15) is 143 Å². The highest BCUT2D eigenvalue weighted by Crippen LogP contribution is 2.22. The van der Waals surface area contributed by atoms with Crippen molar-refractivity contribution >= 4 is 5.97 Å². The molecule has 0 saturated carbocycles. The first-order valence-corrected chi connectivity index (χ1v) is 16.3. The summed E-state index contributed by atoms with van der Waals surface area (Å²) in [6, 6.07) is 0. The average Bonchev–Trinajstić information content (AvgIpc) is 3.43. The molecule has 1 atom stereocenters. The molecule has 1 heterocycles. The Morgan fingerprint density at radius 1 is 0.897 bits per heavy atom. The Morgan fingerprint density at radius 3 is 2.10 bits per heavy atom. The van der Waals surface area contributed by atoms with Gasteiger partial charge in [0.2, 0.25) is 0 Å². The van der Waals surface area contributed by atoms with Gasteiger partial charge in [-0.25, -0.2) is 0 Å². The number of ether oxygens (including phenoxy) is 2. The molecule has 0 spiro atoms. The van der Waals surface area contributed by atoms with Gasteiger partial charge in [0.1, 0.15) is 0 Å². The molecule has 0 bridgehead atoms. The van der Waals surface area contributed by atoms with Crippen LogP contribution in [0.2, 0.25) is 0 Å². The van der Waals surface area contributed by atoms with Gasteiger partial charge in [-0.2, -0.15) is 0 Å². The molecule has 0 radical (unpaired) electrons. The second-order valence-corrected chi connectivity index (χ2v) is 11.5. The summed E-state index contributed by atoms with van der Waals surface area (Å²) >= 11 is 0. The molecular weight excluding hydrogens is 484 g/mol. The number of carbonyl (C=O) groups is 1. The van der Waals surface area contributed by atoms with Crippen molar-refractivity contribution in [3.8, 4) is 0 Å². The van der Waals surface area contributed by atoms with E-state index in [0.29, 0.717) is 18.9 Å². The van der Waals surface area contributed by atoms with E-state index >= 15 is 0 Å². The van der Waals surface area contributed by atoms with E-state index in [2.05, 4.69) is 49.8 Å². The van der Waals surface area contributed by atoms with Crippen LogP contribution in [0.25, 0.3) is 0 Å². The molecule has 1 N–H and O–H groups in total. The number of carbonyl (C=O) groups excluding carboxylic acids is 1.